The molecule has 5 nitrogen and oxygen atoms in total. The maximum atomic E-state index is 12.5. The zero-order chi connectivity index (χ0) is 15.5. The third kappa shape index (κ3) is 3.55. The minimum absolute atomic E-state index is 0.0667. The van der Waals surface area contributed by atoms with Crippen molar-refractivity contribution in [3.05, 3.63) is 28.6 Å². The number of thiophene rings is 1. The number of piperazine rings is 1. The third-order valence-corrected chi connectivity index (χ3v) is 5.65. The SMILES string of the molecule is C[C@H](O)CN1CCN(C(=O)c2cnc(-c3cccs3)s2)CC1. The molecule has 1 atom stereocenters. The first kappa shape index (κ1) is 15.6. The summed E-state index contributed by atoms with van der Waals surface area (Å²) in [6.07, 6.45) is 1.36. The molecule has 1 amide bonds. The first-order valence-corrected chi connectivity index (χ1v) is 9.02. The molecule has 0 unspecified atom stereocenters. The van der Waals surface area contributed by atoms with E-state index in [4.69, 9.17) is 0 Å². The summed E-state index contributed by atoms with van der Waals surface area (Å²) in [5.41, 5.74) is 0. The van der Waals surface area contributed by atoms with Gasteiger partial charge in [0.1, 0.15) is 9.88 Å². The second-order valence-electron chi connectivity index (χ2n) is 5.45. The molecule has 0 aliphatic carbocycles. The molecule has 2 aromatic heterocycles. The lowest BCUT2D eigenvalue weighted by Gasteiger charge is -2.34. The first-order chi connectivity index (χ1) is 10.6. The molecule has 0 aromatic carbocycles. The van der Waals surface area contributed by atoms with Crippen LogP contribution in [-0.2, 0) is 0 Å². The average Bonchev–Trinajstić information content (AvgIpc) is 3.18. The molecule has 22 heavy (non-hydrogen) atoms. The van der Waals surface area contributed by atoms with Crippen molar-refractivity contribution in [2.75, 3.05) is 32.7 Å². The second-order valence-corrected chi connectivity index (χ2v) is 7.43. The van der Waals surface area contributed by atoms with Crippen LogP contribution in [0.3, 0.4) is 0 Å². The summed E-state index contributed by atoms with van der Waals surface area (Å²) in [5.74, 6) is 0.0667. The topological polar surface area (TPSA) is 56.7 Å². The molecular weight excluding hydrogens is 318 g/mol. The fraction of sp³-hybridized carbons (Fsp3) is 0.467. The maximum Gasteiger partial charge on any atom is 0.265 e. The Bertz CT molecular complexity index is 617. The molecule has 118 valence electrons. The number of aliphatic hydroxyl groups excluding tert-OH is 1. The summed E-state index contributed by atoms with van der Waals surface area (Å²) in [4.78, 5) is 22.8. The van der Waals surface area contributed by atoms with E-state index in [1.54, 1.807) is 24.5 Å². The predicted octanol–water partition coefficient (Wildman–Crippen LogP) is 2.01. The number of amides is 1. The molecule has 7 heteroatoms. The molecule has 0 bridgehead atoms. The summed E-state index contributed by atoms with van der Waals surface area (Å²) in [7, 11) is 0. The van der Waals surface area contributed by atoms with Gasteiger partial charge in [-0.3, -0.25) is 9.69 Å². The van der Waals surface area contributed by atoms with Crippen molar-refractivity contribution in [3.63, 3.8) is 0 Å². The molecule has 0 radical (unpaired) electrons. The molecule has 1 aliphatic rings. The van der Waals surface area contributed by atoms with Gasteiger partial charge in [0.2, 0.25) is 0 Å². The number of nitrogens with zero attached hydrogens (tertiary/aromatic N) is 3. The van der Waals surface area contributed by atoms with E-state index in [0.29, 0.717) is 24.5 Å². The van der Waals surface area contributed by atoms with Crippen LogP contribution in [0.25, 0.3) is 9.88 Å². The number of hydrogen-bond donors (Lipinski definition) is 1. The van der Waals surface area contributed by atoms with Gasteiger partial charge in [-0.2, -0.15) is 0 Å². The zero-order valence-corrected chi connectivity index (χ0v) is 14.1. The van der Waals surface area contributed by atoms with Gasteiger partial charge in [-0.25, -0.2) is 4.98 Å². The number of aromatic nitrogens is 1. The van der Waals surface area contributed by atoms with Crippen LogP contribution in [0.15, 0.2) is 23.7 Å². The Balaban J connectivity index is 1.61. The van der Waals surface area contributed by atoms with E-state index in [9.17, 15) is 9.90 Å². The average molecular weight is 337 g/mol. The highest BCUT2D eigenvalue weighted by atomic mass is 32.1. The standard InChI is InChI=1S/C15H19N3O2S2/c1-11(19)10-17-4-6-18(7-5-17)15(20)13-9-16-14(22-13)12-3-2-8-21-12/h2-3,8-9,11,19H,4-7,10H2,1H3/t11-/m0/s1. The maximum absolute atomic E-state index is 12.5. The van der Waals surface area contributed by atoms with Crippen LogP contribution in [0.2, 0.25) is 0 Å². The zero-order valence-electron chi connectivity index (χ0n) is 12.4. The van der Waals surface area contributed by atoms with Crippen LogP contribution >= 0.6 is 22.7 Å². The van der Waals surface area contributed by atoms with Gasteiger partial charge in [0.25, 0.3) is 5.91 Å². The van der Waals surface area contributed by atoms with E-state index in [-0.39, 0.29) is 12.0 Å². The predicted molar refractivity (Wildman–Crippen MR) is 89.5 cm³/mol. The van der Waals surface area contributed by atoms with Gasteiger partial charge in [-0.15, -0.1) is 22.7 Å². The minimum Gasteiger partial charge on any atom is -0.392 e. The Morgan fingerprint density at radius 3 is 2.82 bits per heavy atom. The highest BCUT2D eigenvalue weighted by Gasteiger charge is 2.24. The van der Waals surface area contributed by atoms with E-state index in [0.717, 1.165) is 23.0 Å². The number of thiazole rings is 1. The molecule has 1 N–H and O–H groups in total. The number of carbonyl (C=O) groups is 1. The monoisotopic (exact) mass is 337 g/mol. The van der Waals surface area contributed by atoms with Crippen molar-refractivity contribution in [3.8, 4) is 9.88 Å². The van der Waals surface area contributed by atoms with Crippen molar-refractivity contribution >= 4 is 28.6 Å². The largest absolute Gasteiger partial charge is 0.392 e. The Hall–Kier alpha value is -1.28. The van der Waals surface area contributed by atoms with Gasteiger partial charge in [-0.1, -0.05) is 6.07 Å². The van der Waals surface area contributed by atoms with E-state index < -0.39 is 0 Å². The smallest absolute Gasteiger partial charge is 0.265 e. The summed E-state index contributed by atoms with van der Waals surface area (Å²) < 4.78 is 0. The van der Waals surface area contributed by atoms with Crippen LogP contribution < -0.4 is 0 Å². The lowest BCUT2D eigenvalue weighted by atomic mass is 10.2. The molecular formula is C15H19N3O2S2. The Morgan fingerprint density at radius 1 is 1.41 bits per heavy atom. The van der Waals surface area contributed by atoms with Gasteiger partial charge in [0.05, 0.1) is 17.2 Å². The van der Waals surface area contributed by atoms with Crippen molar-refractivity contribution in [1.29, 1.82) is 0 Å². The summed E-state index contributed by atoms with van der Waals surface area (Å²) in [5, 5.41) is 12.3. The molecule has 3 rings (SSSR count). The quantitative estimate of drug-likeness (QED) is 0.927. The molecule has 3 heterocycles. The third-order valence-electron chi connectivity index (χ3n) is 3.63. The Morgan fingerprint density at radius 2 is 2.18 bits per heavy atom. The van der Waals surface area contributed by atoms with Crippen molar-refractivity contribution in [2.24, 2.45) is 0 Å². The van der Waals surface area contributed by atoms with Crippen LogP contribution in [0.5, 0.6) is 0 Å². The number of carbonyl (C=O) groups excluding carboxylic acids is 1. The lowest BCUT2D eigenvalue weighted by molar-refractivity contribution is 0.0558. The van der Waals surface area contributed by atoms with E-state index in [2.05, 4.69) is 9.88 Å². The van der Waals surface area contributed by atoms with Crippen LogP contribution in [0, 0.1) is 0 Å². The number of aliphatic hydroxyl groups is 1. The fourth-order valence-electron chi connectivity index (χ4n) is 2.55. The van der Waals surface area contributed by atoms with Gasteiger partial charge in [-0.05, 0) is 18.4 Å². The van der Waals surface area contributed by atoms with Crippen LogP contribution in [-0.4, -0.2) is 64.6 Å². The molecule has 1 aliphatic heterocycles. The van der Waals surface area contributed by atoms with Gasteiger partial charge in [0.15, 0.2) is 0 Å². The number of hydrogen-bond acceptors (Lipinski definition) is 6. The number of rotatable bonds is 4. The fourth-order valence-corrected chi connectivity index (χ4v) is 4.24. The molecule has 2 aromatic rings. The normalized spacial score (nSPS) is 17.6. The van der Waals surface area contributed by atoms with E-state index >= 15 is 0 Å². The van der Waals surface area contributed by atoms with Crippen LogP contribution in [0.4, 0.5) is 0 Å². The van der Waals surface area contributed by atoms with Gasteiger partial charge >= 0.3 is 0 Å². The molecule has 1 saturated heterocycles. The molecule has 0 spiro atoms. The second kappa shape index (κ2) is 6.87. The van der Waals surface area contributed by atoms with Gasteiger partial charge < -0.3 is 10.0 Å². The Labute approximate surface area is 137 Å². The van der Waals surface area contributed by atoms with E-state index in [1.807, 2.05) is 22.4 Å². The highest BCUT2D eigenvalue weighted by molar-refractivity contribution is 7.21. The summed E-state index contributed by atoms with van der Waals surface area (Å²) in [6.45, 7) is 5.50. The van der Waals surface area contributed by atoms with Crippen molar-refractivity contribution < 1.29 is 9.90 Å². The van der Waals surface area contributed by atoms with Gasteiger partial charge in [0, 0.05) is 32.7 Å². The van der Waals surface area contributed by atoms with Crippen molar-refractivity contribution in [1.82, 2.24) is 14.8 Å². The molecule has 0 saturated carbocycles. The highest BCUT2D eigenvalue weighted by Crippen LogP contribution is 2.29. The van der Waals surface area contributed by atoms with Crippen LogP contribution in [0.1, 0.15) is 16.6 Å². The first-order valence-electron chi connectivity index (χ1n) is 7.33. The summed E-state index contributed by atoms with van der Waals surface area (Å²) in [6, 6.07) is 4.01. The molecule has 1 fully saturated rings. The Kier molecular flexibility index (Phi) is 4.87. The summed E-state index contributed by atoms with van der Waals surface area (Å²) >= 11 is 3.09. The lowest BCUT2D eigenvalue weighted by Crippen LogP contribution is -2.50. The van der Waals surface area contributed by atoms with E-state index in [1.165, 1.54) is 11.3 Å². The minimum atomic E-state index is -0.322. The van der Waals surface area contributed by atoms with Crippen molar-refractivity contribution in [2.45, 2.75) is 13.0 Å². The number of β-amino-alcohol motifs (C(OH)–C–C–N with tert-alkyl or cyclic N) is 1.